The Hall–Kier alpha value is -2.19. The van der Waals surface area contributed by atoms with Gasteiger partial charge >= 0.3 is 199 Å². The number of benzene rings is 1. The van der Waals surface area contributed by atoms with Crippen molar-refractivity contribution in [3.63, 3.8) is 0 Å². The van der Waals surface area contributed by atoms with Gasteiger partial charge in [0.15, 0.2) is 0 Å². The van der Waals surface area contributed by atoms with Crippen LogP contribution in [0.2, 0.25) is 0 Å². The van der Waals surface area contributed by atoms with Gasteiger partial charge < -0.3 is 0 Å². The molecule has 4 rings (SSSR count). The normalized spacial score (nSPS) is 16.9. The van der Waals surface area contributed by atoms with Gasteiger partial charge in [0.05, 0.1) is 0 Å². The zero-order valence-electron chi connectivity index (χ0n) is 17.8. The summed E-state index contributed by atoms with van der Waals surface area (Å²) in [6.45, 7) is 3.63. The van der Waals surface area contributed by atoms with Gasteiger partial charge in [0.1, 0.15) is 0 Å². The average molecular weight is 573 g/mol. The summed E-state index contributed by atoms with van der Waals surface area (Å²) in [5, 5.41) is 2.77. The third-order valence-electron chi connectivity index (χ3n) is 5.13. The Morgan fingerprint density at radius 2 is 1.91 bits per heavy atom. The molecule has 0 unspecified atom stereocenters. The fourth-order valence-electron chi connectivity index (χ4n) is 3.63. The van der Waals surface area contributed by atoms with E-state index in [9.17, 15) is 13.2 Å². The molecule has 0 saturated carbocycles. The summed E-state index contributed by atoms with van der Waals surface area (Å²) in [4.78, 5) is 23.3. The van der Waals surface area contributed by atoms with Gasteiger partial charge in [0.2, 0.25) is 0 Å². The van der Waals surface area contributed by atoms with Gasteiger partial charge in [-0.2, -0.15) is 0 Å². The van der Waals surface area contributed by atoms with Crippen molar-refractivity contribution in [2.45, 2.75) is 25.9 Å². The van der Waals surface area contributed by atoms with E-state index in [1.807, 2.05) is 15.2 Å². The number of nitrogens with zero attached hydrogens (tertiary/aromatic N) is 4. The number of anilines is 3. The number of carbonyl (C=O) groups excluding carboxylic acids is 1. The first-order chi connectivity index (χ1) is 15.3. The van der Waals surface area contributed by atoms with Crippen LogP contribution in [0.5, 0.6) is 6.01 Å². The Morgan fingerprint density at radius 3 is 2.62 bits per heavy atom. The molecular weight excluding hydrogens is 547 g/mol. The summed E-state index contributed by atoms with van der Waals surface area (Å²) in [6, 6.07) is 8.37. The zero-order chi connectivity index (χ0) is 22.7. The molecule has 10 nitrogen and oxygen atoms in total. The van der Waals surface area contributed by atoms with Gasteiger partial charge in [-0.1, -0.05) is 0 Å². The first-order valence-corrected chi connectivity index (χ1v) is 14.4. The molecule has 3 heterocycles. The van der Waals surface area contributed by atoms with Crippen molar-refractivity contribution in [1.82, 2.24) is 14.9 Å². The van der Waals surface area contributed by atoms with Gasteiger partial charge in [-0.25, -0.2) is 0 Å². The van der Waals surface area contributed by atoms with Crippen molar-refractivity contribution in [3.8, 4) is 6.01 Å². The number of hydrogen-bond donors (Lipinski definition) is 2. The predicted octanol–water partition coefficient (Wildman–Crippen LogP) is -1.37. The summed E-state index contributed by atoms with van der Waals surface area (Å²) in [7, 11) is -3.17. The quantitative estimate of drug-likeness (QED) is 0.170. The number of ether oxygens (including phenoxy) is 1. The van der Waals surface area contributed by atoms with Crippen molar-refractivity contribution in [2.24, 2.45) is 0 Å². The van der Waals surface area contributed by atoms with Crippen LogP contribution in [-0.2, 0) is 22.9 Å². The van der Waals surface area contributed by atoms with E-state index in [2.05, 4.69) is 32.3 Å². The van der Waals surface area contributed by atoms with Crippen molar-refractivity contribution in [1.29, 1.82) is 0 Å². The number of nitrogens with two attached hydrogens (primary N) is 1. The second-order valence-corrected chi connectivity index (χ2v) is 12.8. The van der Waals surface area contributed by atoms with Crippen LogP contribution < -0.4 is 40.4 Å². The Kier molecular flexibility index (Phi) is 7.00. The third-order valence-corrected chi connectivity index (χ3v) is 8.13. The standard InChI is InChI=1S/C20H26IN6O4S/c1-32(29,30)10-9-31-20-24-17(22)16-18(25-20)27(21-19(28)23-16)13-15-6-4-5-14(11-15)12-26-7-2-3-8-26/h4-6,11H,2-3,7-10,12-13H2,1H3,(H,23,28)(H2,22,24,25)/q-1. The second-order valence-electron chi connectivity index (χ2n) is 7.88. The van der Waals surface area contributed by atoms with Crippen LogP contribution in [-0.4, -0.2) is 58.9 Å². The first kappa shape index (κ1) is 23.0. The van der Waals surface area contributed by atoms with E-state index in [-0.39, 0.29) is 28.1 Å². The van der Waals surface area contributed by atoms with Crippen LogP contribution in [0.15, 0.2) is 24.3 Å². The van der Waals surface area contributed by atoms with E-state index < -0.39 is 31.3 Å². The van der Waals surface area contributed by atoms with E-state index >= 15 is 0 Å². The Labute approximate surface area is 198 Å². The predicted molar refractivity (Wildman–Crippen MR) is 118 cm³/mol. The minimum absolute atomic E-state index is 0.00200. The SMILES string of the molecule is CS(=O)(=O)CCOc1nc(N)c2c(n1)N(Cc1cccc(CN3CCCC3)c1)[I-]C(=O)N2. The van der Waals surface area contributed by atoms with E-state index in [4.69, 9.17) is 10.5 Å². The molecule has 2 aromatic rings. The molecule has 0 spiro atoms. The number of nitrogen functional groups attached to an aromatic ring is 1. The number of amides is 1. The topological polar surface area (TPSA) is 131 Å². The molecule has 0 atom stereocenters. The maximum absolute atomic E-state index is 12.3. The molecule has 2 aliphatic rings. The molecule has 0 aliphatic carbocycles. The number of likely N-dealkylation sites (tertiary alicyclic amines) is 1. The summed E-state index contributed by atoms with van der Waals surface area (Å²) in [5.41, 5.74) is 8.74. The molecule has 174 valence electrons. The molecule has 1 saturated heterocycles. The van der Waals surface area contributed by atoms with Crippen LogP contribution in [0.1, 0.15) is 24.0 Å². The number of sulfone groups is 1. The molecule has 1 fully saturated rings. The maximum atomic E-state index is 12.3. The van der Waals surface area contributed by atoms with E-state index in [0.717, 1.165) is 31.5 Å². The fraction of sp³-hybridized carbons (Fsp3) is 0.450. The number of rotatable bonds is 8. The number of aromatic nitrogens is 2. The fourth-order valence-corrected chi connectivity index (χ4v) is 6.08. The number of carbonyl (C=O) groups is 1. The molecule has 1 aromatic carbocycles. The average Bonchev–Trinajstić information content (AvgIpc) is 3.21. The van der Waals surface area contributed by atoms with Gasteiger partial charge in [-0.3, -0.25) is 0 Å². The second kappa shape index (κ2) is 9.75. The molecule has 12 heteroatoms. The van der Waals surface area contributed by atoms with Gasteiger partial charge in [-0.05, 0) is 0 Å². The molecule has 1 amide bonds. The zero-order valence-corrected chi connectivity index (χ0v) is 20.7. The first-order valence-electron chi connectivity index (χ1n) is 10.3. The van der Waals surface area contributed by atoms with E-state index in [1.54, 1.807) is 0 Å². The number of nitrogens with one attached hydrogen (secondary N) is 1. The summed E-state index contributed by atoms with van der Waals surface area (Å²) < 4.78 is 30.0. The number of fused-ring (bicyclic) bond motifs is 1. The van der Waals surface area contributed by atoms with E-state index in [0.29, 0.717) is 18.1 Å². The van der Waals surface area contributed by atoms with Crippen LogP contribution in [0.25, 0.3) is 0 Å². The van der Waals surface area contributed by atoms with Gasteiger partial charge in [0, 0.05) is 0 Å². The summed E-state index contributed by atoms with van der Waals surface area (Å²) in [6.07, 6.45) is 3.64. The third kappa shape index (κ3) is 5.98. The van der Waals surface area contributed by atoms with Gasteiger partial charge in [0.25, 0.3) is 0 Å². The molecule has 3 N–H and O–H groups in total. The Balaban J connectivity index is 1.53. The van der Waals surface area contributed by atoms with Crippen LogP contribution >= 0.6 is 0 Å². The monoisotopic (exact) mass is 573 g/mol. The Morgan fingerprint density at radius 1 is 1.19 bits per heavy atom. The molecule has 1 aromatic heterocycles. The van der Waals surface area contributed by atoms with Crippen molar-refractivity contribution in [3.05, 3.63) is 35.4 Å². The molecule has 0 bridgehead atoms. The summed E-state index contributed by atoms with van der Waals surface area (Å²) in [5.74, 6) is 0.447. The Bertz CT molecular complexity index is 1110. The van der Waals surface area contributed by atoms with Crippen molar-refractivity contribution in [2.75, 3.05) is 45.9 Å². The molecule has 2 aliphatic heterocycles. The number of halogens is 1. The number of hydrogen-bond acceptors (Lipinski definition) is 9. The van der Waals surface area contributed by atoms with Crippen molar-refractivity contribution >= 4 is 31.1 Å². The van der Waals surface area contributed by atoms with Crippen LogP contribution in [0.3, 0.4) is 0 Å². The van der Waals surface area contributed by atoms with Gasteiger partial charge in [-0.15, -0.1) is 0 Å². The molecule has 0 radical (unpaired) electrons. The molecule has 32 heavy (non-hydrogen) atoms. The molecular formula is C20H26IN6O4S-. The van der Waals surface area contributed by atoms with Crippen LogP contribution in [0.4, 0.5) is 22.1 Å². The van der Waals surface area contributed by atoms with E-state index in [1.165, 1.54) is 18.4 Å². The minimum atomic E-state index is -3.17. The van der Waals surface area contributed by atoms with Crippen LogP contribution in [0, 0.1) is 0 Å². The summed E-state index contributed by atoms with van der Waals surface area (Å²) >= 11 is -1.03. The van der Waals surface area contributed by atoms with Crippen molar-refractivity contribution < 1.29 is 39.4 Å².